The first-order chi connectivity index (χ1) is 7.79. The lowest BCUT2D eigenvalue weighted by Crippen LogP contribution is -1.80. The van der Waals surface area contributed by atoms with E-state index >= 15 is 0 Å². The van der Waals surface area contributed by atoms with Crippen LogP contribution in [-0.4, -0.2) is 12.1 Å². The van der Waals surface area contributed by atoms with Crippen LogP contribution in [0.5, 0.6) is 0 Å². The molecule has 0 aliphatic carbocycles. The van der Waals surface area contributed by atoms with Crippen molar-refractivity contribution < 1.29 is 4.74 Å². The first kappa shape index (κ1) is 10.6. The van der Waals surface area contributed by atoms with Gasteiger partial charge in [-0.15, -0.1) is 0 Å². The Morgan fingerprint density at radius 2 is 2.25 bits per heavy atom. The highest BCUT2D eigenvalue weighted by atomic mass is 16.5. The predicted octanol–water partition coefficient (Wildman–Crippen LogP) is 3.73. The number of hydrogen-bond acceptors (Lipinski definition) is 1. The normalized spacial score (nSPS) is 11.1. The van der Waals surface area contributed by atoms with Crippen molar-refractivity contribution in [3.63, 3.8) is 0 Å². The zero-order valence-corrected chi connectivity index (χ0v) is 9.36. The van der Waals surface area contributed by atoms with E-state index in [4.69, 9.17) is 4.74 Å². The summed E-state index contributed by atoms with van der Waals surface area (Å²) in [7, 11) is 1.64. The molecule has 0 aliphatic rings. The van der Waals surface area contributed by atoms with Crippen LogP contribution < -0.4 is 0 Å². The Bertz CT molecular complexity index is 489. The second kappa shape index (κ2) is 4.71. The fraction of sp³-hybridized carbons (Fsp3) is 0.143. The van der Waals surface area contributed by atoms with Crippen molar-refractivity contribution in [3.05, 3.63) is 54.4 Å². The fourth-order valence-corrected chi connectivity index (χ4v) is 1.59. The number of fused-ring (bicyclic) bond motifs is 1. The molecule has 0 unspecified atom stereocenters. The quantitative estimate of drug-likeness (QED) is 0.769. The largest absolute Gasteiger partial charge is 0.501 e. The molecule has 0 aliphatic heterocycles. The Morgan fingerprint density at radius 3 is 3.00 bits per heavy atom. The van der Waals surface area contributed by atoms with Crippen molar-refractivity contribution in [3.8, 4) is 0 Å². The molecule has 1 aromatic carbocycles. The number of methoxy groups -OCH3 is 1. The van der Waals surface area contributed by atoms with Gasteiger partial charge in [-0.3, -0.25) is 0 Å². The topological polar surface area (TPSA) is 25.0 Å². The van der Waals surface area contributed by atoms with E-state index in [1.165, 1.54) is 5.39 Å². The van der Waals surface area contributed by atoms with E-state index in [0.29, 0.717) is 0 Å². The Balaban J connectivity index is 2.12. The average Bonchev–Trinajstić information content (AvgIpc) is 2.71. The number of benzene rings is 1. The van der Waals surface area contributed by atoms with Gasteiger partial charge in [-0.2, -0.15) is 0 Å². The molecule has 0 radical (unpaired) electrons. The minimum atomic E-state index is 0.742. The third kappa shape index (κ3) is 2.34. The molecule has 0 atom stereocenters. The van der Waals surface area contributed by atoms with Crippen LogP contribution in [0.3, 0.4) is 0 Å². The van der Waals surface area contributed by atoms with Gasteiger partial charge in [0, 0.05) is 17.6 Å². The van der Waals surface area contributed by atoms with Gasteiger partial charge in [-0.1, -0.05) is 30.9 Å². The molecule has 0 fully saturated rings. The molecule has 16 heavy (non-hydrogen) atoms. The lowest BCUT2D eigenvalue weighted by molar-refractivity contribution is 0.287. The van der Waals surface area contributed by atoms with Gasteiger partial charge in [0.05, 0.1) is 12.9 Å². The maximum absolute atomic E-state index is 4.99. The molecule has 2 aromatic rings. The van der Waals surface area contributed by atoms with Gasteiger partial charge in [0.1, 0.15) is 0 Å². The summed E-state index contributed by atoms with van der Waals surface area (Å²) in [5, 5.41) is 1.23. The second-order valence-corrected chi connectivity index (χ2v) is 3.66. The Morgan fingerprint density at radius 1 is 1.44 bits per heavy atom. The molecule has 0 bridgehead atoms. The monoisotopic (exact) mass is 213 g/mol. The Kier molecular flexibility index (Phi) is 3.10. The number of hydrogen-bond donors (Lipinski definition) is 1. The molecule has 0 amide bonds. The summed E-state index contributed by atoms with van der Waals surface area (Å²) in [5.74, 6) is 0.771. The van der Waals surface area contributed by atoms with E-state index < -0.39 is 0 Å². The van der Waals surface area contributed by atoms with Gasteiger partial charge >= 0.3 is 0 Å². The molecule has 1 N–H and O–H groups in total. The zero-order chi connectivity index (χ0) is 11.4. The highest BCUT2D eigenvalue weighted by molar-refractivity contribution is 5.82. The van der Waals surface area contributed by atoms with Crippen molar-refractivity contribution in [1.29, 1.82) is 0 Å². The van der Waals surface area contributed by atoms with Crippen LogP contribution in [0, 0.1) is 0 Å². The van der Waals surface area contributed by atoms with Gasteiger partial charge < -0.3 is 9.72 Å². The summed E-state index contributed by atoms with van der Waals surface area (Å²) in [4.78, 5) is 3.33. The maximum atomic E-state index is 4.99. The molecule has 0 saturated carbocycles. The summed E-state index contributed by atoms with van der Waals surface area (Å²) in [6, 6.07) is 10.4. The summed E-state index contributed by atoms with van der Waals surface area (Å²) >= 11 is 0. The third-order valence-corrected chi connectivity index (χ3v) is 2.48. The fourth-order valence-electron chi connectivity index (χ4n) is 1.59. The van der Waals surface area contributed by atoms with Crippen LogP contribution in [0.4, 0.5) is 0 Å². The molecule has 1 heterocycles. The predicted molar refractivity (Wildman–Crippen MR) is 68.1 cm³/mol. The number of rotatable bonds is 4. The summed E-state index contributed by atoms with van der Waals surface area (Å²) in [5.41, 5.74) is 2.26. The molecule has 2 rings (SSSR count). The number of aromatic nitrogens is 1. The van der Waals surface area contributed by atoms with Crippen molar-refractivity contribution in [2.75, 3.05) is 7.11 Å². The number of allylic oxidation sites excluding steroid dienone is 1. The molecule has 82 valence electrons. The highest BCUT2D eigenvalue weighted by Crippen LogP contribution is 2.15. The Labute approximate surface area is 95.2 Å². The average molecular weight is 213 g/mol. The van der Waals surface area contributed by atoms with E-state index in [2.05, 4.69) is 29.8 Å². The van der Waals surface area contributed by atoms with Crippen LogP contribution in [0.1, 0.15) is 12.1 Å². The van der Waals surface area contributed by atoms with Crippen molar-refractivity contribution in [2.45, 2.75) is 6.42 Å². The highest BCUT2D eigenvalue weighted by Gasteiger charge is 1.95. The smallest absolute Gasteiger partial charge is 0.0921 e. The number of nitrogens with one attached hydrogen (secondary N) is 1. The minimum Gasteiger partial charge on any atom is -0.501 e. The van der Waals surface area contributed by atoms with E-state index in [9.17, 15) is 0 Å². The van der Waals surface area contributed by atoms with Gasteiger partial charge in [-0.05, 0) is 23.6 Å². The van der Waals surface area contributed by atoms with Crippen LogP contribution in [0.2, 0.25) is 0 Å². The summed E-state index contributed by atoms with van der Waals surface area (Å²) in [6.45, 7) is 3.76. The van der Waals surface area contributed by atoms with Gasteiger partial charge in [0.2, 0.25) is 0 Å². The van der Waals surface area contributed by atoms with E-state index in [0.717, 1.165) is 23.4 Å². The first-order valence-corrected chi connectivity index (χ1v) is 5.25. The Hall–Kier alpha value is -1.96. The molecule has 2 heteroatoms. The minimum absolute atomic E-state index is 0.742. The number of para-hydroxylation sites is 1. The lowest BCUT2D eigenvalue weighted by Gasteiger charge is -1.97. The molecule has 0 saturated heterocycles. The summed E-state index contributed by atoms with van der Waals surface area (Å²) < 4.78 is 4.99. The van der Waals surface area contributed by atoms with Crippen molar-refractivity contribution in [1.82, 2.24) is 4.98 Å². The van der Waals surface area contributed by atoms with Crippen LogP contribution in [0.25, 0.3) is 17.0 Å². The number of H-pyrrole nitrogens is 1. The lowest BCUT2D eigenvalue weighted by atomic mass is 10.2. The number of ether oxygens (including phenoxy) is 1. The van der Waals surface area contributed by atoms with Gasteiger partial charge in [0.25, 0.3) is 0 Å². The van der Waals surface area contributed by atoms with E-state index in [1.54, 1.807) is 7.11 Å². The van der Waals surface area contributed by atoms with Gasteiger partial charge in [0.15, 0.2) is 0 Å². The molecular formula is C14H15NO. The third-order valence-electron chi connectivity index (χ3n) is 2.48. The standard InChI is InChI=1S/C14H15NO/c1-11(16-2)6-5-8-13-10-12-7-3-4-9-14(12)15-13/h3-5,7-10,15H,1,6H2,2H3. The molecular weight excluding hydrogens is 198 g/mol. The van der Waals surface area contributed by atoms with Crippen LogP contribution in [-0.2, 0) is 4.74 Å². The number of aromatic amines is 1. The zero-order valence-electron chi connectivity index (χ0n) is 9.36. The SMILES string of the molecule is C=C(CC=Cc1cc2ccccc2[nH]1)OC. The van der Waals surface area contributed by atoms with Crippen molar-refractivity contribution >= 4 is 17.0 Å². The molecule has 1 aromatic heterocycles. The second-order valence-electron chi connectivity index (χ2n) is 3.66. The molecule has 2 nitrogen and oxygen atoms in total. The van der Waals surface area contributed by atoms with Crippen molar-refractivity contribution in [2.24, 2.45) is 0 Å². The molecule has 0 spiro atoms. The van der Waals surface area contributed by atoms with Gasteiger partial charge in [-0.25, -0.2) is 0 Å². The summed E-state index contributed by atoms with van der Waals surface area (Å²) in [6.07, 6.45) is 4.83. The maximum Gasteiger partial charge on any atom is 0.0921 e. The first-order valence-electron chi connectivity index (χ1n) is 5.25. The van der Waals surface area contributed by atoms with Crippen LogP contribution in [0.15, 0.2) is 48.7 Å². The van der Waals surface area contributed by atoms with E-state index in [1.807, 2.05) is 24.3 Å². The van der Waals surface area contributed by atoms with Crippen LogP contribution >= 0.6 is 0 Å². The van der Waals surface area contributed by atoms with E-state index in [-0.39, 0.29) is 0 Å².